The lowest BCUT2D eigenvalue weighted by molar-refractivity contribution is 0.0955. The van der Waals surface area contributed by atoms with Crippen molar-refractivity contribution in [1.29, 1.82) is 0 Å². The van der Waals surface area contributed by atoms with Gasteiger partial charge in [-0.15, -0.1) is 0 Å². The van der Waals surface area contributed by atoms with Gasteiger partial charge in [0.1, 0.15) is 29.1 Å². The standard InChI is InChI=1S/C20H21FN6O/c1-13-7-8-22-17(11-13)27-19-12-18(25-14(2)26-19)23-9-10-24-20(28)15-3-5-16(21)6-4-15/h3-8,11-12H,9-10H2,1-2H3,(H,24,28)(H2,22,23,25,26,27). The van der Waals surface area contributed by atoms with Gasteiger partial charge in [-0.1, -0.05) is 0 Å². The Morgan fingerprint density at radius 2 is 1.71 bits per heavy atom. The number of nitrogens with one attached hydrogen (secondary N) is 3. The van der Waals surface area contributed by atoms with Crippen LogP contribution in [0.3, 0.4) is 0 Å². The first kappa shape index (κ1) is 19.2. The molecule has 7 nitrogen and oxygen atoms in total. The van der Waals surface area contributed by atoms with E-state index in [1.54, 1.807) is 19.2 Å². The van der Waals surface area contributed by atoms with Gasteiger partial charge in [0.2, 0.25) is 0 Å². The highest BCUT2D eigenvalue weighted by Gasteiger charge is 2.06. The lowest BCUT2D eigenvalue weighted by Gasteiger charge is -2.11. The number of aryl methyl sites for hydroxylation is 2. The number of rotatable bonds is 7. The van der Waals surface area contributed by atoms with E-state index in [1.807, 2.05) is 19.1 Å². The number of amides is 1. The average molecular weight is 380 g/mol. The molecule has 0 unspecified atom stereocenters. The molecular formula is C20H21FN6O. The van der Waals surface area contributed by atoms with Gasteiger partial charge >= 0.3 is 0 Å². The summed E-state index contributed by atoms with van der Waals surface area (Å²) in [5.41, 5.74) is 1.51. The molecule has 28 heavy (non-hydrogen) atoms. The summed E-state index contributed by atoms with van der Waals surface area (Å²) < 4.78 is 12.9. The zero-order valence-corrected chi connectivity index (χ0v) is 15.7. The summed E-state index contributed by atoms with van der Waals surface area (Å²) in [6.07, 6.45) is 1.73. The molecule has 0 bridgehead atoms. The van der Waals surface area contributed by atoms with Crippen LogP contribution in [0.25, 0.3) is 0 Å². The molecule has 2 aromatic heterocycles. The lowest BCUT2D eigenvalue weighted by atomic mass is 10.2. The van der Waals surface area contributed by atoms with E-state index in [2.05, 4.69) is 30.9 Å². The molecule has 0 fully saturated rings. The molecule has 0 aliphatic rings. The van der Waals surface area contributed by atoms with Gasteiger partial charge in [0.15, 0.2) is 0 Å². The van der Waals surface area contributed by atoms with Gasteiger partial charge < -0.3 is 16.0 Å². The highest BCUT2D eigenvalue weighted by Crippen LogP contribution is 2.16. The molecule has 8 heteroatoms. The summed E-state index contributed by atoms with van der Waals surface area (Å²) in [4.78, 5) is 25.0. The SMILES string of the molecule is Cc1ccnc(Nc2cc(NCCNC(=O)c3ccc(F)cc3)nc(C)n2)c1. The van der Waals surface area contributed by atoms with Crippen molar-refractivity contribution < 1.29 is 9.18 Å². The predicted molar refractivity (Wildman–Crippen MR) is 106 cm³/mol. The highest BCUT2D eigenvalue weighted by molar-refractivity contribution is 5.94. The molecule has 0 aliphatic heterocycles. The van der Waals surface area contributed by atoms with Crippen molar-refractivity contribution in [2.75, 3.05) is 23.7 Å². The number of nitrogens with zero attached hydrogens (tertiary/aromatic N) is 3. The van der Waals surface area contributed by atoms with Gasteiger partial charge in [0, 0.05) is 30.9 Å². The van der Waals surface area contributed by atoms with E-state index in [1.165, 1.54) is 24.3 Å². The maximum absolute atomic E-state index is 12.9. The Kier molecular flexibility index (Phi) is 6.11. The van der Waals surface area contributed by atoms with Gasteiger partial charge in [-0.05, 0) is 55.8 Å². The Balaban J connectivity index is 1.53. The summed E-state index contributed by atoms with van der Waals surface area (Å²) in [5.74, 6) is 1.95. The van der Waals surface area contributed by atoms with E-state index in [0.717, 1.165) is 5.56 Å². The van der Waals surface area contributed by atoms with Crippen LogP contribution in [-0.4, -0.2) is 33.9 Å². The molecule has 0 radical (unpaired) electrons. The fraction of sp³-hybridized carbons (Fsp3) is 0.200. The van der Waals surface area contributed by atoms with E-state index in [4.69, 9.17) is 0 Å². The Hall–Kier alpha value is -3.55. The zero-order valence-electron chi connectivity index (χ0n) is 15.7. The highest BCUT2D eigenvalue weighted by atomic mass is 19.1. The number of carbonyl (C=O) groups is 1. The van der Waals surface area contributed by atoms with E-state index in [-0.39, 0.29) is 11.7 Å². The third kappa shape index (κ3) is 5.47. The first-order valence-electron chi connectivity index (χ1n) is 8.82. The van der Waals surface area contributed by atoms with E-state index >= 15 is 0 Å². The minimum absolute atomic E-state index is 0.256. The molecule has 0 aliphatic carbocycles. The number of hydrogen-bond donors (Lipinski definition) is 3. The maximum Gasteiger partial charge on any atom is 0.251 e. The van der Waals surface area contributed by atoms with Crippen molar-refractivity contribution in [3.8, 4) is 0 Å². The van der Waals surface area contributed by atoms with Crippen molar-refractivity contribution in [1.82, 2.24) is 20.3 Å². The smallest absolute Gasteiger partial charge is 0.251 e. The average Bonchev–Trinajstić information content (AvgIpc) is 2.65. The molecule has 3 N–H and O–H groups in total. The molecule has 0 spiro atoms. The van der Waals surface area contributed by atoms with Crippen molar-refractivity contribution in [2.45, 2.75) is 13.8 Å². The second kappa shape index (κ2) is 8.90. The number of halogens is 1. The number of carbonyl (C=O) groups excluding carboxylic acids is 1. The summed E-state index contributed by atoms with van der Waals surface area (Å²) >= 11 is 0. The van der Waals surface area contributed by atoms with Crippen LogP contribution in [0.1, 0.15) is 21.7 Å². The quantitative estimate of drug-likeness (QED) is 0.545. The van der Waals surface area contributed by atoms with Crippen LogP contribution in [0.15, 0.2) is 48.7 Å². The van der Waals surface area contributed by atoms with Crippen molar-refractivity contribution in [3.63, 3.8) is 0 Å². The first-order chi connectivity index (χ1) is 13.5. The number of benzene rings is 1. The molecular weight excluding hydrogens is 359 g/mol. The molecule has 0 atom stereocenters. The third-order valence-corrected chi connectivity index (χ3v) is 3.83. The summed E-state index contributed by atoms with van der Waals surface area (Å²) in [6, 6.07) is 11.0. The minimum atomic E-state index is -0.373. The lowest BCUT2D eigenvalue weighted by Crippen LogP contribution is -2.28. The van der Waals surface area contributed by atoms with Crippen molar-refractivity contribution >= 4 is 23.4 Å². The zero-order chi connectivity index (χ0) is 19.9. The Morgan fingerprint density at radius 1 is 0.964 bits per heavy atom. The largest absolute Gasteiger partial charge is 0.368 e. The number of aromatic nitrogens is 3. The van der Waals surface area contributed by atoms with Crippen molar-refractivity contribution in [2.24, 2.45) is 0 Å². The molecule has 0 saturated carbocycles. The maximum atomic E-state index is 12.9. The van der Waals surface area contributed by atoms with Gasteiger partial charge in [0.25, 0.3) is 5.91 Å². The summed E-state index contributed by atoms with van der Waals surface area (Å²) in [7, 11) is 0. The predicted octanol–water partition coefficient (Wildman–Crippen LogP) is 3.21. The minimum Gasteiger partial charge on any atom is -0.368 e. The Morgan fingerprint density at radius 3 is 2.46 bits per heavy atom. The van der Waals surface area contributed by atoms with Gasteiger partial charge in [-0.2, -0.15) is 0 Å². The molecule has 2 heterocycles. The first-order valence-corrected chi connectivity index (χ1v) is 8.82. The van der Waals surface area contributed by atoms with Crippen LogP contribution >= 0.6 is 0 Å². The fourth-order valence-corrected chi connectivity index (χ4v) is 2.53. The number of hydrogen-bond acceptors (Lipinski definition) is 6. The topological polar surface area (TPSA) is 91.8 Å². The Bertz CT molecular complexity index is 961. The van der Waals surface area contributed by atoms with Crippen LogP contribution in [-0.2, 0) is 0 Å². The Labute approximate surface area is 162 Å². The fourth-order valence-electron chi connectivity index (χ4n) is 2.53. The third-order valence-electron chi connectivity index (χ3n) is 3.83. The molecule has 3 rings (SSSR count). The number of pyridine rings is 1. The van der Waals surface area contributed by atoms with Crippen LogP contribution in [0.5, 0.6) is 0 Å². The molecule has 3 aromatic rings. The second-order valence-electron chi connectivity index (χ2n) is 6.22. The number of anilines is 3. The van der Waals surface area contributed by atoms with Crippen LogP contribution in [0.4, 0.5) is 21.8 Å². The monoisotopic (exact) mass is 380 g/mol. The summed E-state index contributed by atoms with van der Waals surface area (Å²) in [6.45, 7) is 4.66. The van der Waals surface area contributed by atoms with Gasteiger partial charge in [0.05, 0.1) is 0 Å². The van der Waals surface area contributed by atoms with Crippen LogP contribution in [0, 0.1) is 19.7 Å². The molecule has 1 aromatic carbocycles. The normalized spacial score (nSPS) is 10.4. The van der Waals surface area contributed by atoms with Crippen molar-refractivity contribution in [3.05, 3.63) is 71.4 Å². The van der Waals surface area contributed by atoms with E-state index in [9.17, 15) is 9.18 Å². The molecule has 0 saturated heterocycles. The molecule has 144 valence electrons. The van der Waals surface area contributed by atoms with E-state index < -0.39 is 0 Å². The van der Waals surface area contributed by atoms with Crippen LogP contribution < -0.4 is 16.0 Å². The van der Waals surface area contributed by atoms with E-state index in [0.29, 0.717) is 41.9 Å². The van der Waals surface area contributed by atoms with Gasteiger partial charge in [-0.25, -0.2) is 19.3 Å². The van der Waals surface area contributed by atoms with Crippen LogP contribution in [0.2, 0.25) is 0 Å². The van der Waals surface area contributed by atoms with Gasteiger partial charge in [-0.3, -0.25) is 4.79 Å². The second-order valence-corrected chi connectivity index (χ2v) is 6.22. The molecule has 1 amide bonds. The summed E-state index contributed by atoms with van der Waals surface area (Å²) in [5, 5.41) is 9.08.